The molecule has 0 fully saturated rings. The molecule has 0 N–H and O–H groups in total. The zero-order valence-electron chi connectivity index (χ0n) is 41.7. The van der Waals surface area contributed by atoms with Gasteiger partial charge in [0, 0.05) is 19.3 Å². The Kier molecular flexibility index (Phi) is 49.8. The molecular formula is C56H104O6. The monoisotopic (exact) mass is 873 g/mol. The van der Waals surface area contributed by atoms with Crippen molar-refractivity contribution in [2.24, 2.45) is 0 Å². The zero-order valence-corrected chi connectivity index (χ0v) is 41.7. The van der Waals surface area contributed by atoms with Gasteiger partial charge >= 0.3 is 17.9 Å². The van der Waals surface area contributed by atoms with E-state index >= 15 is 0 Å². The minimum atomic E-state index is -0.770. The summed E-state index contributed by atoms with van der Waals surface area (Å²) in [5, 5.41) is 0. The maximum Gasteiger partial charge on any atom is 0.306 e. The number of ether oxygens (including phenoxy) is 3. The van der Waals surface area contributed by atoms with Crippen molar-refractivity contribution in [3.8, 4) is 0 Å². The van der Waals surface area contributed by atoms with Crippen LogP contribution in [0.3, 0.4) is 0 Å². The van der Waals surface area contributed by atoms with Gasteiger partial charge in [0.2, 0.25) is 0 Å². The fourth-order valence-corrected chi connectivity index (χ4v) is 8.02. The first-order chi connectivity index (χ1) is 30.5. The molecule has 0 spiro atoms. The number of allylic oxidation sites excluding steroid dienone is 4. The van der Waals surface area contributed by atoms with Crippen molar-refractivity contribution in [3.63, 3.8) is 0 Å². The number of unbranched alkanes of at least 4 members (excludes halogenated alkanes) is 35. The summed E-state index contributed by atoms with van der Waals surface area (Å²) in [6.07, 6.45) is 59.0. The van der Waals surface area contributed by atoms with Crippen molar-refractivity contribution < 1.29 is 28.6 Å². The lowest BCUT2D eigenvalue weighted by molar-refractivity contribution is -0.167. The van der Waals surface area contributed by atoms with E-state index in [0.717, 1.165) is 64.2 Å². The average molecular weight is 873 g/mol. The number of carbonyl (C=O) groups is 3. The van der Waals surface area contributed by atoms with Crippen LogP contribution in [0.25, 0.3) is 0 Å². The van der Waals surface area contributed by atoms with Gasteiger partial charge in [0.1, 0.15) is 13.2 Å². The first-order valence-corrected chi connectivity index (χ1v) is 27.3. The standard InChI is InChI=1S/C56H104O6/c1-4-7-10-13-16-18-20-22-24-26-27-28-29-30-32-33-35-37-40-43-46-49-55(58)61-52-53(51-60-54(57)48-45-42-39-15-12-9-6-3)62-56(59)50-47-44-41-38-36-34-31-25-23-21-19-17-14-11-8-5-2/h25-27,31,53H,4-24,28-30,32-52H2,1-3H3/b27-26-,31-25-. The molecule has 0 saturated heterocycles. The second kappa shape index (κ2) is 51.5. The molecule has 62 heavy (non-hydrogen) atoms. The highest BCUT2D eigenvalue weighted by Gasteiger charge is 2.19. The molecule has 0 aliphatic heterocycles. The summed E-state index contributed by atoms with van der Waals surface area (Å²) in [6, 6.07) is 0. The van der Waals surface area contributed by atoms with Gasteiger partial charge in [-0.2, -0.15) is 0 Å². The third-order valence-electron chi connectivity index (χ3n) is 12.2. The summed E-state index contributed by atoms with van der Waals surface area (Å²) in [5.74, 6) is -0.876. The van der Waals surface area contributed by atoms with Crippen molar-refractivity contribution in [1.29, 1.82) is 0 Å². The quantitative estimate of drug-likeness (QED) is 0.0262. The predicted octanol–water partition coefficient (Wildman–Crippen LogP) is 17.9. The Morgan fingerprint density at radius 1 is 0.306 bits per heavy atom. The van der Waals surface area contributed by atoms with E-state index in [4.69, 9.17) is 14.2 Å². The smallest absolute Gasteiger partial charge is 0.306 e. The van der Waals surface area contributed by atoms with Crippen molar-refractivity contribution in [1.82, 2.24) is 0 Å². The van der Waals surface area contributed by atoms with E-state index in [1.807, 2.05) is 0 Å². The van der Waals surface area contributed by atoms with Gasteiger partial charge in [0.25, 0.3) is 0 Å². The molecule has 0 aromatic carbocycles. The molecule has 0 aromatic rings. The van der Waals surface area contributed by atoms with E-state index in [-0.39, 0.29) is 31.1 Å². The minimum absolute atomic E-state index is 0.0725. The lowest BCUT2D eigenvalue weighted by atomic mass is 10.1. The second-order valence-electron chi connectivity index (χ2n) is 18.5. The molecule has 6 heteroatoms. The molecule has 0 bridgehead atoms. The van der Waals surface area contributed by atoms with Gasteiger partial charge in [-0.25, -0.2) is 0 Å². The number of hydrogen-bond donors (Lipinski definition) is 0. The lowest BCUT2D eigenvalue weighted by Gasteiger charge is -2.18. The zero-order chi connectivity index (χ0) is 45.1. The van der Waals surface area contributed by atoms with Gasteiger partial charge in [-0.1, -0.05) is 231 Å². The van der Waals surface area contributed by atoms with Crippen LogP contribution in [0.15, 0.2) is 24.3 Å². The molecule has 0 radical (unpaired) electrons. The summed E-state index contributed by atoms with van der Waals surface area (Å²) in [7, 11) is 0. The largest absolute Gasteiger partial charge is 0.462 e. The number of carbonyl (C=O) groups excluding carboxylic acids is 3. The Balaban J connectivity index is 4.19. The normalized spacial score (nSPS) is 12.1. The average Bonchev–Trinajstić information content (AvgIpc) is 3.27. The lowest BCUT2D eigenvalue weighted by Crippen LogP contribution is -2.30. The Bertz CT molecular complexity index is 1000. The van der Waals surface area contributed by atoms with Crippen LogP contribution in [0, 0.1) is 0 Å². The summed E-state index contributed by atoms with van der Waals surface area (Å²) in [4.78, 5) is 37.8. The highest BCUT2D eigenvalue weighted by molar-refractivity contribution is 5.71. The van der Waals surface area contributed by atoms with Gasteiger partial charge in [0.05, 0.1) is 0 Å². The molecule has 0 aliphatic carbocycles. The number of hydrogen-bond acceptors (Lipinski definition) is 6. The number of esters is 3. The molecule has 1 atom stereocenters. The maximum absolute atomic E-state index is 12.8. The fourth-order valence-electron chi connectivity index (χ4n) is 8.02. The second-order valence-corrected chi connectivity index (χ2v) is 18.5. The third kappa shape index (κ3) is 48.9. The minimum Gasteiger partial charge on any atom is -0.462 e. The fraction of sp³-hybridized carbons (Fsp3) is 0.875. The molecule has 0 aromatic heterocycles. The molecule has 1 unspecified atom stereocenters. The Morgan fingerprint density at radius 2 is 0.532 bits per heavy atom. The molecule has 6 nitrogen and oxygen atoms in total. The van der Waals surface area contributed by atoms with E-state index in [1.165, 1.54) is 193 Å². The summed E-state index contributed by atoms with van der Waals surface area (Å²) >= 11 is 0. The van der Waals surface area contributed by atoms with Gasteiger partial charge in [-0.15, -0.1) is 0 Å². The van der Waals surface area contributed by atoms with Crippen molar-refractivity contribution in [3.05, 3.63) is 24.3 Å². The van der Waals surface area contributed by atoms with Crippen molar-refractivity contribution >= 4 is 17.9 Å². The topological polar surface area (TPSA) is 78.9 Å². The Morgan fingerprint density at radius 3 is 0.806 bits per heavy atom. The van der Waals surface area contributed by atoms with E-state index in [0.29, 0.717) is 19.3 Å². The first-order valence-electron chi connectivity index (χ1n) is 27.3. The van der Waals surface area contributed by atoms with Gasteiger partial charge < -0.3 is 14.2 Å². The summed E-state index contributed by atoms with van der Waals surface area (Å²) in [5.41, 5.74) is 0. The molecule has 0 amide bonds. The molecule has 0 aliphatic rings. The van der Waals surface area contributed by atoms with E-state index in [1.54, 1.807) is 0 Å². The van der Waals surface area contributed by atoms with Gasteiger partial charge in [0.15, 0.2) is 6.10 Å². The molecule has 0 heterocycles. The van der Waals surface area contributed by atoms with Gasteiger partial charge in [-0.3, -0.25) is 14.4 Å². The number of rotatable bonds is 50. The van der Waals surface area contributed by atoms with Crippen LogP contribution < -0.4 is 0 Å². The van der Waals surface area contributed by atoms with Crippen molar-refractivity contribution in [2.75, 3.05) is 13.2 Å². The van der Waals surface area contributed by atoms with Crippen molar-refractivity contribution in [2.45, 2.75) is 303 Å². The van der Waals surface area contributed by atoms with Gasteiger partial charge in [-0.05, 0) is 70.6 Å². The maximum atomic E-state index is 12.8. The molecule has 0 saturated carbocycles. The predicted molar refractivity (Wildman–Crippen MR) is 266 cm³/mol. The van der Waals surface area contributed by atoms with Crippen LogP contribution in [0.1, 0.15) is 297 Å². The molecule has 364 valence electrons. The van der Waals surface area contributed by atoms with E-state index in [2.05, 4.69) is 45.1 Å². The SMILES string of the molecule is CCCCCCCCC/C=C\CCCCCCCC(=O)OC(COC(=O)CCCCCCCCC)COC(=O)CCCCCCCCCCC/C=C\CCCCCCCCCC. The highest BCUT2D eigenvalue weighted by Crippen LogP contribution is 2.15. The van der Waals surface area contributed by atoms with Crippen LogP contribution in [0.2, 0.25) is 0 Å². The first kappa shape index (κ1) is 59.9. The van der Waals surface area contributed by atoms with E-state index in [9.17, 15) is 14.4 Å². The Labute approximate surface area is 385 Å². The van der Waals surface area contributed by atoms with Crippen LogP contribution in [-0.4, -0.2) is 37.2 Å². The third-order valence-corrected chi connectivity index (χ3v) is 12.2. The van der Waals surface area contributed by atoms with Crippen LogP contribution in [0.5, 0.6) is 0 Å². The van der Waals surface area contributed by atoms with Crippen LogP contribution >= 0.6 is 0 Å². The highest BCUT2D eigenvalue weighted by atomic mass is 16.6. The summed E-state index contributed by atoms with van der Waals surface area (Å²) in [6.45, 7) is 6.62. The van der Waals surface area contributed by atoms with Crippen LogP contribution in [-0.2, 0) is 28.6 Å². The molecular weight excluding hydrogens is 769 g/mol. The van der Waals surface area contributed by atoms with Crippen LogP contribution in [0.4, 0.5) is 0 Å². The molecule has 0 rings (SSSR count). The van der Waals surface area contributed by atoms with E-state index < -0.39 is 6.10 Å². The Hall–Kier alpha value is -2.11. The summed E-state index contributed by atoms with van der Waals surface area (Å²) < 4.78 is 16.8.